The van der Waals surface area contributed by atoms with E-state index in [0.717, 1.165) is 16.2 Å². The molecule has 128 valence electrons. The van der Waals surface area contributed by atoms with Gasteiger partial charge in [-0.1, -0.05) is 54.2 Å². The first kappa shape index (κ1) is 16.5. The molecule has 0 bridgehead atoms. The number of ether oxygens (including phenoxy) is 1. The van der Waals surface area contributed by atoms with E-state index >= 15 is 0 Å². The van der Waals surface area contributed by atoms with E-state index < -0.39 is 0 Å². The highest BCUT2D eigenvalue weighted by Gasteiger charge is 2.17. The van der Waals surface area contributed by atoms with E-state index in [0.29, 0.717) is 21.6 Å². The Morgan fingerprint density at radius 2 is 1.54 bits per heavy atom. The van der Waals surface area contributed by atoms with Gasteiger partial charge in [-0.25, -0.2) is 0 Å². The van der Waals surface area contributed by atoms with Gasteiger partial charge in [-0.05, 0) is 36.4 Å². The summed E-state index contributed by atoms with van der Waals surface area (Å²) in [5, 5.41) is 0.586. The summed E-state index contributed by atoms with van der Waals surface area (Å²) in [5.41, 5.74) is 1.45. The van der Waals surface area contributed by atoms with Gasteiger partial charge in [0.2, 0.25) is 5.43 Å². The molecule has 3 aromatic carbocycles. The van der Waals surface area contributed by atoms with Crippen LogP contribution < -0.4 is 10.2 Å². The molecule has 3 nitrogen and oxygen atoms in total. The van der Waals surface area contributed by atoms with E-state index in [1.54, 1.807) is 13.2 Å². The van der Waals surface area contributed by atoms with Gasteiger partial charge in [-0.2, -0.15) is 0 Å². The van der Waals surface area contributed by atoms with E-state index in [1.807, 2.05) is 72.8 Å². The number of fused-ring (bicyclic) bond motifs is 1. The standard InChI is InChI=1S/C22H16O3S/c1-24-16-11-13-17(14-12-16)26-22-20(23)18-9-5-6-10-19(18)25-21(22)15-7-3-2-4-8-15/h2-14H,1H3. The maximum atomic E-state index is 13.1. The normalized spacial score (nSPS) is 10.8. The minimum atomic E-state index is -0.0217. The average Bonchev–Trinajstić information content (AvgIpc) is 2.71. The SMILES string of the molecule is COc1ccc(Sc2c(-c3ccccc3)oc3ccccc3c2=O)cc1. The van der Waals surface area contributed by atoms with Crippen LogP contribution in [0.3, 0.4) is 0 Å². The van der Waals surface area contributed by atoms with Crippen molar-refractivity contribution in [3.63, 3.8) is 0 Å². The summed E-state index contributed by atoms with van der Waals surface area (Å²) in [6.07, 6.45) is 0. The number of hydrogen-bond donors (Lipinski definition) is 0. The molecular weight excluding hydrogens is 344 g/mol. The molecule has 4 aromatic rings. The van der Waals surface area contributed by atoms with Crippen LogP contribution in [-0.2, 0) is 0 Å². The van der Waals surface area contributed by atoms with Crippen molar-refractivity contribution in [3.8, 4) is 17.1 Å². The first-order chi connectivity index (χ1) is 12.8. The van der Waals surface area contributed by atoms with Gasteiger partial charge < -0.3 is 9.15 Å². The molecule has 0 radical (unpaired) electrons. The smallest absolute Gasteiger partial charge is 0.207 e. The second-order valence-corrected chi connectivity index (χ2v) is 6.81. The predicted molar refractivity (Wildman–Crippen MR) is 105 cm³/mol. The molecule has 0 atom stereocenters. The lowest BCUT2D eigenvalue weighted by Gasteiger charge is -2.10. The minimum absolute atomic E-state index is 0.0217. The highest BCUT2D eigenvalue weighted by atomic mass is 32.2. The summed E-state index contributed by atoms with van der Waals surface area (Å²) in [4.78, 5) is 14.7. The van der Waals surface area contributed by atoms with Gasteiger partial charge in [-0.15, -0.1) is 0 Å². The monoisotopic (exact) mass is 360 g/mol. The maximum Gasteiger partial charge on any atom is 0.207 e. The quantitative estimate of drug-likeness (QED) is 0.473. The van der Waals surface area contributed by atoms with Crippen LogP contribution in [0.5, 0.6) is 5.75 Å². The van der Waals surface area contributed by atoms with Gasteiger partial charge >= 0.3 is 0 Å². The Kier molecular flexibility index (Phi) is 4.50. The maximum absolute atomic E-state index is 13.1. The number of methoxy groups -OCH3 is 1. The van der Waals surface area contributed by atoms with Crippen LogP contribution in [0.4, 0.5) is 0 Å². The zero-order valence-corrected chi connectivity index (χ0v) is 15.0. The van der Waals surface area contributed by atoms with Crippen molar-refractivity contribution in [1.82, 2.24) is 0 Å². The van der Waals surface area contributed by atoms with Gasteiger partial charge in [0.25, 0.3) is 0 Å². The van der Waals surface area contributed by atoms with Crippen molar-refractivity contribution in [2.75, 3.05) is 7.11 Å². The number of rotatable bonds is 4. The van der Waals surface area contributed by atoms with E-state index in [4.69, 9.17) is 9.15 Å². The lowest BCUT2D eigenvalue weighted by molar-refractivity contribution is 0.414. The first-order valence-electron chi connectivity index (χ1n) is 8.19. The summed E-state index contributed by atoms with van der Waals surface area (Å²) in [6, 6.07) is 24.7. The lowest BCUT2D eigenvalue weighted by Crippen LogP contribution is -2.06. The van der Waals surface area contributed by atoms with E-state index in [1.165, 1.54) is 11.8 Å². The highest BCUT2D eigenvalue weighted by Crippen LogP contribution is 2.36. The number of para-hydroxylation sites is 1. The van der Waals surface area contributed by atoms with Gasteiger partial charge in [0.05, 0.1) is 12.5 Å². The fourth-order valence-corrected chi connectivity index (χ4v) is 3.72. The number of benzene rings is 3. The summed E-state index contributed by atoms with van der Waals surface area (Å²) in [7, 11) is 1.63. The summed E-state index contributed by atoms with van der Waals surface area (Å²) in [5.74, 6) is 1.37. The fourth-order valence-electron chi connectivity index (χ4n) is 2.76. The molecule has 0 N–H and O–H groups in total. The Morgan fingerprint density at radius 3 is 2.27 bits per heavy atom. The zero-order valence-electron chi connectivity index (χ0n) is 14.1. The molecule has 1 heterocycles. The molecule has 0 unspecified atom stereocenters. The molecule has 0 aliphatic heterocycles. The van der Waals surface area contributed by atoms with Crippen LogP contribution in [0.2, 0.25) is 0 Å². The minimum Gasteiger partial charge on any atom is -0.497 e. The Hall–Kier alpha value is -2.98. The largest absolute Gasteiger partial charge is 0.497 e. The molecule has 4 rings (SSSR count). The molecule has 0 saturated carbocycles. The van der Waals surface area contributed by atoms with E-state index in [2.05, 4.69) is 0 Å². The molecule has 1 aromatic heterocycles. The lowest BCUT2D eigenvalue weighted by atomic mass is 10.1. The molecule has 0 amide bonds. The van der Waals surface area contributed by atoms with Gasteiger partial charge in [-0.3, -0.25) is 4.79 Å². The Morgan fingerprint density at radius 1 is 0.846 bits per heavy atom. The van der Waals surface area contributed by atoms with Crippen LogP contribution in [0, 0.1) is 0 Å². The Balaban J connectivity index is 1.90. The summed E-state index contributed by atoms with van der Waals surface area (Å²) in [6.45, 7) is 0. The summed E-state index contributed by atoms with van der Waals surface area (Å²) >= 11 is 1.41. The average molecular weight is 360 g/mol. The van der Waals surface area contributed by atoms with Gasteiger partial charge in [0.1, 0.15) is 16.2 Å². The Bertz CT molecular complexity index is 1100. The molecular formula is C22H16O3S. The third-order valence-corrected chi connectivity index (χ3v) is 5.15. The Labute approximate surface area is 155 Å². The topological polar surface area (TPSA) is 39.4 Å². The molecule has 26 heavy (non-hydrogen) atoms. The fraction of sp³-hybridized carbons (Fsp3) is 0.0455. The molecule has 0 aliphatic carbocycles. The molecule has 0 spiro atoms. The number of hydrogen-bond acceptors (Lipinski definition) is 4. The third-order valence-electron chi connectivity index (χ3n) is 4.07. The molecule has 0 fully saturated rings. The van der Waals surface area contributed by atoms with E-state index in [-0.39, 0.29) is 5.43 Å². The van der Waals surface area contributed by atoms with Crippen molar-refractivity contribution < 1.29 is 9.15 Å². The highest BCUT2D eigenvalue weighted by molar-refractivity contribution is 7.99. The summed E-state index contributed by atoms with van der Waals surface area (Å²) < 4.78 is 11.3. The molecule has 0 saturated heterocycles. The molecule has 0 aliphatic rings. The predicted octanol–water partition coefficient (Wildman–Crippen LogP) is 5.62. The van der Waals surface area contributed by atoms with Crippen molar-refractivity contribution in [2.24, 2.45) is 0 Å². The van der Waals surface area contributed by atoms with Crippen molar-refractivity contribution in [1.29, 1.82) is 0 Å². The van der Waals surface area contributed by atoms with Crippen molar-refractivity contribution in [2.45, 2.75) is 9.79 Å². The van der Waals surface area contributed by atoms with Crippen LogP contribution in [-0.4, -0.2) is 7.11 Å². The zero-order chi connectivity index (χ0) is 17.9. The molecule has 4 heteroatoms. The van der Waals surface area contributed by atoms with Crippen molar-refractivity contribution >= 4 is 22.7 Å². The van der Waals surface area contributed by atoms with Crippen LogP contribution in [0.25, 0.3) is 22.3 Å². The third kappa shape index (κ3) is 3.11. The van der Waals surface area contributed by atoms with Gasteiger partial charge in [0.15, 0.2) is 5.76 Å². The second-order valence-electron chi connectivity index (χ2n) is 5.73. The van der Waals surface area contributed by atoms with E-state index in [9.17, 15) is 4.79 Å². The van der Waals surface area contributed by atoms with Crippen LogP contribution in [0.1, 0.15) is 0 Å². The van der Waals surface area contributed by atoms with Crippen LogP contribution in [0.15, 0.2) is 97.9 Å². The van der Waals surface area contributed by atoms with Gasteiger partial charge in [0, 0.05) is 10.5 Å². The van der Waals surface area contributed by atoms with Crippen LogP contribution >= 0.6 is 11.8 Å². The first-order valence-corrected chi connectivity index (χ1v) is 9.01. The van der Waals surface area contributed by atoms with Crippen molar-refractivity contribution in [3.05, 3.63) is 89.1 Å². The second kappa shape index (κ2) is 7.10.